The summed E-state index contributed by atoms with van der Waals surface area (Å²) in [6.45, 7) is 3.74. The maximum Gasteiger partial charge on any atom is 0.122 e. The molecule has 1 N–H and O–H groups in total. The highest BCUT2D eigenvalue weighted by molar-refractivity contribution is 7.10. The topological polar surface area (TPSA) is 41.3 Å². The van der Waals surface area contributed by atoms with Crippen LogP contribution in [-0.2, 0) is 19.6 Å². The van der Waals surface area contributed by atoms with Gasteiger partial charge in [-0.2, -0.15) is 0 Å². The van der Waals surface area contributed by atoms with Gasteiger partial charge < -0.3 is 9.67 Å². The lowest BCUT2D eigenvalue weighted by Gasteiger charge is -2.27. The van der Waals surface area contributed by atoms with Gasteiger partial charge >= 0.3 is 0 Å². The van der Waals surface area contributed by atoms with Crippen molar-refractivity contribution in [3.8, 4) is 11.8 Å². The van der Waals surface area contributed by atoms with E-state index in [9.17, 15) is 0 Å². The third-order valence-electron chi connectivity index (χ3n) is 3.24. The normalized spacial score (nSPS) is 14.8. The minimum atomic E-state index is -0.0869. The number of fused-ring (bicyclic) bond motifs is 1. The number of aliphatic hydroxyl groups excluding tert-OH is 1. The van der Waals surface area contributed by atoms with Gasteiger partial charge in [0.05, 0.1) is 6.54 Å². The van der Waals surface area contributed by atoms with Gasteiger partial charge in [-0.05, 0) is 11.4 Å². The lowest BCUT2D eigenvalue weighted by molar-refractivity contribution is 0.210. The summed E-state index contributed by atoms with van der Waals surface area (Å²) in [5.74, 6) is 6.86. The van der Waals surface area contributed by atoms with Gasteiger partial charge in [-0.3, -0.25) is 4.90 Å². The molecule has 1 aliphatic rings. The average molecular weight is 273 g/mol. The van der Waals surface area contributed by atoms with Crippen LogP contribution in [0.25, 0.3) is 0 Å². The first-order valence-corrected chi connectivity index (χ1v) is 7.13. The summed E-state index contributed by atoms with van der Waals surface area (Å²) in [7, 11) is 0. The molecule has 0 fully saturated rings. The van der Waals surface area contributed by atoms with Crippen molar-refractivity contribution in [2.24, 2.45) is 0 Å². The number of hydrogen-bond donors (Lipinski definition) is 1. The highest BCUT2D eigenvalue weighted by Crippen LogP contribution is 2.20. The summed E-state index contributed by atoms with van der Waals surface area (Å²) < 4.78 is 2.21. The Kier molecular flexibility index (Phi) is 3.65. The lowest BCUT2D eigenvalue weighted by Crippen LogP contribution is -2.33. The standard InChI is InChI=1S/C14H15N3OS/c18-8-1-2-12-3-9-19-13(12)10-16-6-7-17-5-4-15-14(17)11-16/h3-5,9,18H,6-8,10-11H2. The average Bonchev–Trinajstić information content (AvgIpc) is 3.05. The first-order chi connectivity index (χ1) is 9.36. The molecular weight excluding hydrogens is 258 g/mol. The van der Waals surface area contributed by atoms with Gasteiger partial charge in [0.1, 0.15) is 12.4 Å². The van der Waals surface area contributed by atoms with Crippen molar-refractivity contribution in [2.75, 3.05) is 13.2 Å². The summed E-state index contributed by atoms with van der Waals surface area (Å²) in [6, 6.07) is 2.02. The maximum absolute atomic E-state index is 8.77. The molecule has 0 spiro atoms. The zero-order valence-corrected chi connectivity index (χ0v) is 11.4. The van der Waals surface area contributed by atoms with Gasteiger partial charge in [0, 0.05) is 42.5 Å². The van der Waals surface area contributed by atoms with E-state index in [1.54, 1.807) is 11.3 Å². The zero-order chi connectivity index (χ0) is 13.1. The van der Waals surface area contributed by atoms with E-state index >= 15 is 0 Å². The summed E-state index contributed by atoms with van der Waals surface area (Å²) in [6.07, 6.45) is 3.90. The van der Waals surface area contributed by atoms with Gasteiger partial charge in [-0.25, -0.2) is 4.98 Å². The molecule has 0 aliphatic carbocycles. The fourth-order valence-electron chi connectivity index (χ4n) is 2.27. The van der Waals surface area contributed by atoms with Crippen molar-refractivity contribution >= 4 is 11.3 Å². The van der Waals surface area contributed by atoms with E-state index in [0.29, 0.717) is 0 Å². The van der Waals surface area contributed by atoms with Crippen LogP contribution in [-0.4, -0.2) is 32.7 Å². The van der Waals surface area contributed by atoms with Crippen LogP contribution in [0.2, 0.25) is 0 Å². The van der Waals surface area contributed by atoms with E-state index in [1.807, 2.05) is 18.5 Å². The monoisotopic (exact) mass is 273 g/mol. The predicted octanol–water partition coefficient (Wildman–Crippen LogP) is 1.30. The van der Waals surface area contributed by atoms with Crippen LogP contribution in [0.5, 0.6) is 0 Å². The summed E-state index contributed by atoms with van der Waals surface area (Å²) in [4.78, 5) is 8.02. The number of imidazole rings is 1. The van der Waals surface area contributed by atoms with E-state index in [2.05, 4.69) is 31.7 Å². The zero-order valence-electron chi connectivity index (χ0n) is 10.5. The molecule has 0 radical (unpaired) electrons. The fourth-order valence-corrected chi connectivity index (χ4v) is 3.14. The molecule has 3 rings (SSSR count). The molecule has 5 heteroatoms. The van der Waals surface area contributed by atoms with Crippen LogP contribution in [0, 0.1) is 11.8 Å². The quantitative estimate of drug-likeness (QED) is 0.839. The molecule has 19 heavy (non-hydrogen) atoms. The Morgan fingerprint density at radius 3 is 3.26 bits per heavy atom. The largest absolute Gasteiger partial charge is 0.384 e. The van der Waals surface area contributed by atoms with Gasteiger partial charge in [0.25, 0.3) is 0 Å². The summed E-state index contributed by atoms with van der Waals surface area (Å²) in [5, 5.41) is 10.8. The van der Waals surface area contributed by atoms with Gasteiger partial charge in [0.15, 0.2) is 0 Å². The van der Waals surface area contributed by atoms with E-state index < -0.39 is 0 Å². The SMILES string of the molecule is OCC#Cc1ccsc1CN1CCn2ccnc2C1. The second-order valence-corrected chi connectivity index (χ2v) is 5.47. The first kappa shape index (κ1) is 12.4. The minimum absolute atomic E-state index is 0.0869. The number of rotatable bonds is 2. The third kappa shape index (κ3) is 2.71. The number of aliphatic hydroxyl groups is 1. The van der Waals surface area contributed by atoms with Crippen molar-refractivity contribution in [1.29, 1.82) is 0 Å². The molecule has 0 saturated carbocycles. The molecule has 98 valence electrons. The van der Waals surface area contributed by atoms with Gasteiger partial charge in [0.2, 0.25) is 0 Å². The summed E-state index contributed by atoms with van der Waals surface area (Å²) >= 11 is 1.72. The van der Waals surface area contributed by atoms with Crippen LogP contribution < -0.4 is 0 Å². The van der Waals surface area contributed by atoms with E-state index in [0.717, 1.165) is 37.6 Å². The van der Waals surface area contributed by atoms with Crippen molar-refractivity contribution in [3.63, 3.8) is 0 Å². The fraction of sp³-hybridized carbons (Fsp3) is 0.357. The van der Waals surface area contributed by atoms with Crippen LogP contribution in [0.1, 0.15) is 16.3 Å². The highest BCUT2D eigenvalue weighted by atomic mass is 32.1. The van der Waals surface area contributed by atoms with Crippen LogP contribution in [0.3, 0.4) is 0 Å². The number of thiophene rings is 1. The van der Waals surface area contributed by atoms with E-state index in [-0.39, 0.29) is 6.61 Å². The van der Waals surface area contributed by atoms with Crippen molar-refractivity contribution < 1.29 is 5.11 Å². The Hall–Kier alpha value is -1.61. The smallest absolute Gasteiger partial charge is 0.122 e. The second kappa shape index (κ2) is 5.57. The van der Waals surface area contributed by atoms with E-state index in [1.165, 1.54) is 4.88 Å². The molecule has 3 heterocycles. The highest BCUT2D eigenvalue weighted by Gasteiger charge is 2.17. The lowest BCUT2D eigenvalue weighted by atomic mass is 10.2. The van der Waals surface area contributed by atoms with Crippen molar-refractivity contribution in [1.82, 2.24) is 14.5 Å². The molecule has 0 unspecified atom stereocenters. The Labute approximate surface area is 116 Å². The molecule has 0 atom stereocenters. The molecule has 2 aromatic heterocycles. The van der Waals surface area contributed by atoms with Crippen LogP contribution in [0.4, 0.5) is 0 Å². The molecule has 0 saturated heterocycles. The van der Waals surface area contributed by atoms with Crippen molar-refractivity contribution in [2.45, 2.75) is 19.6 Å². The maximum atomic E-state index is 8.77. The minimum Gasteiger partial charge on any atom is -0.384 e. The second-order valence-electron chi connectivity index (χ2n) is 4.46. The Morgan fingerprint density at radius 2 is 2.37 bits per heavy atom. The number of hydrogen-bond acceptors (Lipinski definition) is 4. The molecule has 0 amide bonds. The van der Waals surface area contributed by atoms with Crippen LogP contribution >= 0.6 is 11.3 Å². The van der Waals surface area contributed by atoms with Crippen LogP contribution in [0.15, 0.2) is 23.8 Å². The molecule has 0 aromatic carbocycles. The molecular formula is C14H15N3OS. The number of aromatic nitrogens is 2. The molecule has 2 aromatic rings. The molecule has 0 bridgehead atoms. The molecule has 4 nitrogen and oxygen atoms in total. The Bertz CT molecular complexity index is 620. The first-order valence-electron chi connectivity index (χ1n) is 6.25. The number of nitrogens with zero attached hydrogens (tertiary/aromatic N) is 3. The van der Waals surface area contributed by atoms with Gasteiger partial charge in [-0.1, -0.05) is 11.8 Å². The summed E-state index contributed by atoms with van der Waals surface area (Å²) in [5.41, 5.74) is 1.04. The predicted molar refractivity (Wildman–Crippen MR) is 74.6 cm³/mol. The Balaban J connectivity index is 1.71. The van der Waals surface area contributed by atoms with E-state index in [4.69, 9.17) is 5.11 Å². The third-order valence-corrected chi connectivity index (χ3v) is 4.14. The molecule has 1 aliphatic heterocycles. The van der Waals surface area contributed by atoms with Crippen molar-refractivity contribution in [3.05, 3.63) is 40.1 Å². The Morgan fingerprint density at radius 1 is 1.42 bits per heavy atom. The van der Waals surface area contributed by atoms with Gasteiger partial charge in [-0.15, -0.1) is 11.3 Å².